The van der Waals surface area contributed by atoms with Gasteiger partial charge in [-0.25, -0.2) is 4.98 Å². The second-order valence-electron chi connectivity index (χ2n) is 5.86. The number of aromatic nitrogens is 1. The molecule has 0 aliphatic carbocycles. The third kappa shape index (κ3) is 2.60. The minimum atomic E-state index is 0.862. The molecule has 2 atom stereocenters. The highest BCUT2D eigenvalue weighted by atomic mass is 32.1. The van der Waals surface area contributed by atoms with Gasteiger partial charge in [0.05, 0.1) is 5.01 Å². The fourth-order valence-corrected chi connectivity index (χ4v) is 4.34. The molecule has 2 unspecified atom stereocenters. The SMILES string of the molecule is Cc1ncc(CNCC2CC3CCC(C2)N3C)s1. The molecule has 1 aromatic heterocycles. The molecule has 2 fully saturated rings. The monoisotopic (exact) mass is 265 g/mol. The molecule has 1 N–H and O–H groups in total. The fourth-order valence-electron chi connectivity index (χ4n) is 3.58. The summed E-state index contributed by atoms with van der Waals surface area (Å²) in [4.78, 5) is 8.28. The summed E-state index contributed by atoms with van der Waals surface area (Å²) in [6.45, 7) is 4.24. The van der Waals surface area contributed by atoms with Gasteiger partial charge >= 0.3 is 0 Å². The van der Waals surface area contributed by atoms with Crippen molar-refractivity contribution < 1.29 is 0 Å². The first kappa shape index (κ1) is 12.6. The maximum absolute atomic E-state index is 4.30. The van der Waals surface area contributed by atoms with E-state index in [1.54, 1.807) is 11.3 Å². The zero-order chi connectivity index (χ0) is 12.5. The largest absolute Gasteiger partial charge is 0.312 e. The van der Waals surface area contributed by atoms with Crippen molar-refractivity contribution in [3.63, 3.8) is 0 Å². The van der Waals surface area contributed by atoms with Crippen LogP contribution in [-0.4, -0.2) is 35.6 Å². The molecule has 0 spiro atoms. The summed E-state index contributed by atoms with van der Waals surface area (Å²) in [5.74, 6) is 0.882. The number of nitrogens with one attached hydrogen (secondary N) is 1. The van der Waals surface area contributed by atoms with E-state index < -0.39 is 0 Å². The highest BCUT2D eigenvalue weighted by Crippen LogP contribution is 2.37. The zero-order valence-corrected chi connectivity index (χ0v) is 12.2. The summed E-state index contributed by atoms with van der Waals surface area (Å²) in [5, 5.41) is 4.79. The third-order valence-electron chi connectivity index (χ3n) is 4.60. The van der Waals surface area contributed by atoms with E-state index in [1.165, 1.54) is 42.1 Å². The lowest BCUT2D eigenvalue weighted by Crippen LogP contribution is -2.42. The molecule has 18 heavy (non-hydrogen) atoms. The van der Waals surface area contributed by atoms with Gasteiger partial charge in [0.2, 0.25) is 0 Å². The number of rotatable bonds is 4. The summed E-state index contributed by atoms with van der Waals surface area (Å²) in [6.07, 6.45) is 7.63. The van der Waals surface area contributed by atoms with E-state index in [0.717, 1.165) is 24.5 Å². The Bertz CT molecular complexity index is 389. The van der Waals surface area contributed by atoms with Crippen LogP contribution in [0, 0.1) is 12.8 Å². The van der Waals surface area contributed by atoms with Crippen molar-refractivity contribution in [2.75, 3.05) is 13.6 Å². The van der Waals surface area contributed by atoms with Gasteiger partial charge in [-0.1, -0.05) is 0 Å². The fraction of sp³-hybridized carbons (Fsp3) is 0.786. The molecule has 2 saturated heterocycles. The predicted molar refractivity (Wildman–Crippen MR) is 75.9 cm³/mol. The van der Waals surface area contributed by atoms with Gasteiger partial charge in [0, 0.05) is 29.7 Å². The van der Waals surface area contributed by atoms with Gasteiger partial charge in [0.25, 0.3) is 0 Å². The number of thiazole rings is 1. The van der Waals surface area contributed by atoms with Crippen LogP contribution < -0.4 is 5.32 Å². The topological polar surface area (TPSA) is 28.2 Å². The van der Waals surface area contributed by atoms with Crippen LogP contribution in [0.15, 0.2) is 6.20 Å². The Labute approximate surface area is 114 Å². The molecule has 2 aliphatic heterocycles. The maximum atomic E-state index is 4.30. The minimum Gasteiger partial charge on any atom is -0.312 e. The second-order valence-corrected chi connectivity index (χ2v) is 7.18. The highest BCUT2D eigenvalue weighted by Gasteiger charge is 2.37. The van der Waals surface area contributed by atoms with Crippen LogP contribution in [0.5, 0.6) is 0 Å². The molecule has 3 heterocycles. The third-order valence-corrected chi connectivity index (χ3v) is 5.51. The van der Waals surface area contributed by atoms with Gasteiger partial charge in [-0.05, 0) is 52.1 Å². The van der Waals surface area contributed by atoms with E-state index in [4.69, 9.17) is 0 Å². The Kier molecular flexibility index (Phi) is 3.68. The Morgan fingerprint density at radius 2 is 2.11 bits per heavy atom. The average molecular weight is 265 g/mol. The van der Waals surface area contributed by atoms with E-state index in [-0.39, 0.29) is 0 Å². The van der Waals surface area contributed by atoms with Gasteiger partial charge in [0.1, 0.15) is 0 Å². The number of hydrogen-bond acceptors (Lipinski definition) is 4. The molecule has 2 bridgehead atoms. The van der Waals surface area contributed by atoms with Crippen LogP contribution in [0.2, 0.25) is 0 Å². The highest BCUT2D eigenvalue weighted by molar-refractivity contribution is 7.11. The van der Waals surface area contributed by atoms with Crippen molar-refractivity contribution >= 4 is 11.3 Å². The Hall–Kier alpha value is -0.450. The van der Waals surface area contributed by atoms with Crippen molar-refractivity contribution in [1.29, 1.82) is 0 Å². The summed E-state index contributed by atoms with van der Waals surface area (Å²) in [6, 6.07) is 1.72. The summed E-state index contributed by atoms with van der Waals surface area (Å²) < 4.78 is 0. The van der Waals surface area contributed by atoms with Crippen molar-refractivity contribution in [3.05, 3.63) is 16.1 Å². The van der Waals surface area contributed by atoms with Gasteiger partial charge < -0.3 is 10.2 Å². The smallest absolute Gasteiger partial charge is 0.0897 e. The van der Waals surface area contributed by atoms with Gasteiger partial charge in [-0.15, -0.1) is 11.3 Å². The molecular weight excluding hydrogens is 242 g/mol. The van der Waals surface area contributed by atoms with Crippen LogP contribution in [0.25, 0.3) is 0 Å². The minimum absolute atomic E-state index is 0.862. The van der Waals surface area contributed by atoms with Crippen LogP contribution in [0.4, 0.5) is 0 Å². The lowest BCUT2D eigenvalue weighted by atomic mass is 9.91. The van der Waals surface area contributed by atoms with E-state index in [9.17, 15) is 0 Å². The quantitative estimate of drug-likeness (QED) is 0.906. The summed E-state index contributed by atoms with van der Waals surface area (Å²) >= 11 is 1.81. The first-order chi connectivity index (χ1) is 8.72. The molecule has 100 valence electrons. The number of aryl methyl sites for hydroxylation is 1. The van der Waals surface area contributed by atoms with Gasteiger partial charge in [-0.2, -0.15) is 0 Å². The van der Waals surface area contributed by atoms with Crippen molar-refractivity contribution in [2.24, 2.45) is 5.92 Å². The molecule has 1 aromatic rings. The molecule has 3 rings (SSSR count). The number of piperidine rings is 1. The van der Waals surface area contributed by atoms with Gasteiger partial charge in [0.15, 0.2) is 0 Å². The van der Waals surface area contributed by atoms with E-state index in [1.807, 2.05) is 6.20 Å². The molecule has 0 amide bonds. The molecule has 3 nitrogen and oxygen atoms in total. The molecule has 2 aliphatic rings. The summed E-state index contributed by atoms with van der Waals surface area (Å²) in [5.41, 5.74) is 0. The number of fused-ring (bicyclic) bond motifs is 2. The Balaban J connectivity index is 1.44. The Morgan fingerprint density at radius 1 is 1.39 bits per heavy atom. The lowest BCUT2D eigenvalue weighted by Gasteiger charge is -2.36. The van der Waals surface area contributed by atoms with Gasteiger partial charge in [-0.3, -0.25) is 0 Å². The molecule has 0 saturated carbocycles. The molecular formula is C14H23N3S. The lowest BCUT2D eigenvalue weighted by molar-refractivity contribution is 0.133. The average Bonchev–Trinajstić information content (AvgIpc) is 2.82. The van der Waals surface area contributed by atoms with E-state index in [2.05, 4.69) is 29.2 Å². The van der Waals surface area contributed by atoms with Crippen molar-refractivity contribution in [1.82, 2.24) is 15.2 Å². The molecule has 4 heteroatoms. The van der Waals surface area contributed by atoms with Crippen LogP contribution in [-0.2, 0) is 6.54 Å². The normalized spacial score (nSPS) is 32.0. The first-order valence-electron chi connectivity index (χ1n) is 7.06. The van der Waals surface area contributed by atoms with Crippen LogP contribution in [0.1, 0.15) is 35.6 Å². The molecule has 0 radical (unpaired) electrons. The standard InChI is InChI=1S/C14H23N3S/c1-10-16-9-14(18-10)8-15-7-11-5-12-3-4-13(6-11)17(12)2/h9,11-13,15H,3-8H2,1-2H3. The zero-order valence-electron chi connectivity index (χ0n) is 11.4. The second kappa shape index (κ2) is 5.27. The molecule has 0 aromatic carbocycles. The Morgan fingerprint density at radius 3 is 2.72 bits per heavy atom. The van der Waals surface area contributed by atoms with E-state index in [0.29, 0.717) is 0 Å². The first-order valence-corrected chi connectivity index (χ1v) is 7.88. The number of hydrogen-bond donors (Lipinski definition) is 1. The number of nitrogens with zero attached hydrogens (tertiary/aromatic N) is 2. The van der Waals surface area contributed by atoms with Crippen molar-refractivity contribution in [3.8, 4) is 0 Å². The van der Waals surface area contributed by atoms with Crippen molar-refractivity contribution in [2.45, 2.75) is 51.2 Å². The van der Waals surface area contributed by atoms with E-state index >= 15 is 0 Å². The van der Waals surface area contributed by atoms with Crippen LogP contribution in [0.3, 0.4) is 0 Å². The van der Waals surface area contributed by atoms with Crippen LogP contribution >= 0.6 is 11.3 Å². The maximum Gasteiger partial charge on any atom is 0.0897 e. The predicted octanol–water partition coefficient (Wildman–Crippen LogP) is 2.41. The summed E-state index contributed by atoms with van der Waals surface area (Å²) in [7, 11) is 2.31.